The summed E-state index contributed by atoms with van der Waals surface area (Å²) in [4.78, 5) is 11.8. The molecule has 28 heavy (non-hydrogen) atoms. The van der Waals surface area contributed by atoms with Gasteiger partial charge in [-0.05, 0) is 30.0 Å². The fourth-order valence-corrected chi connectivity index (χ4v) is 3.08. The Labute approximate surface area is 159 Å². The van der Waals surface area contributed by atoms with Crippen molar-refractivity contribution in [2.45, 2.75) is 31.7 Å². The van der Waals surface area contributed by atoms with Gasteiger partial charge in [0.25, 0.3) is 5.91 Å². The highest BCUT2D eigenvalue weighted by atomic mass is 19.4. The van der Waals surface area contributed by atoms with Gasteiger partial charge >= 0.3 is 6.18 Å². The molecule has 1 aromatic heterocycles. The van der Waals surface area contributed by atoms with Gasteiger partial charge in [-0.1, -0.05) is 19.1 Å². The predicted molar refractivity (Wildman–Crippen MR) is 95.1 cm³/mol. The molecule has 2 aromatic rings. The summed E-state index contributed by atoms with van der Waals surface area (Å²) in [6.45, 7) is 3.20. The minimum atomic E-state index is -4.74. The van der Waals surface area contributed by atoms with Gasteiger partial charge in [-0.3, -0.25) is 9.48 Å². The molecule has 3 rings (SSSR count). The number of amides is 1. The van der Waals surface area contributed by atoms with Gasteiger partial charge < -0.3 is 20.9 Å². The maximum absolute atomic E-state index is 12.6. The third-order valence-corrected chi connectivity index (χ3v) is 4.80. The van der Waals surface area contributed by atoms with E-state index in [2.05, 4.69) is 17.3 Å². The maximum Gasteiger partial charge on any atom is 0.418 e. The topological polar surface area (TPSA) is 102 Å². The van der Waals surface area contributed by atoms with E-state index in [0.29, 0.717) is 24.8 Å². The fraction of sp³-hybridized carbons (Fsp3) is 0.444. The number of aliphatic hydroxyl groups excluding tert-OH is 1. The van der Waals surface area contributed by atoms with Crippen molar-refractivity contribution in [2.75, 3.05) is 18.5 Å². The van der Waals surface area contributed by atoms with E-state index in [-0.39, 0.29) is 23.0 Å². The van der Waals surface area contributed by atoms with Crippen LogP contribution < -0.4 is 11.1 Å². The molecule has 0 radical (unpaired) electrons. The Balaban J connectivity index is 1.82. The molecule has 3 atom stereocenters. The van der Waals surface area contributed by atoms with Gasteiger partial charge in [0.05, 0.1) is 12.6 Å². The molecule has 0 aliphatic carbocycles. The van der Waals surface area contributed by atoms with E-state index >= 15 is 0 Å². The number of nitrogens with zero attached hydrogens (tertiary/aromatic N) is 2. The first-order valence-corrected chi connectivity index (χ1v) is 8.75. The van der Waals surface area contributed by atoms with E-state index < -0.39 is 18.2 Å². The van der Waals surface area contributed by atoms with Crippen molar-refractivity contribution in [1.82, 2.24) is 9.78 Å². The average molecular weight is 398 g/mol. The smallest absolute Gasteiger partial charge is 0.379 e. The number of aliphatic hydroxyl groups is 1. The lowest BCUT2D eigenvalue weighted by Crippen LogP contribution is -2.28. The Morgan fingerprint density at radius 2 is 2.07 bits per heavy atom. The Bertz CT molecular complexity index is 836. The molecule has 1 fully saturated rings. The number of hydrogen-bond acceptors (Lipinski definition) is 5. The molecule has 10 heteroatoms. The standard InChI is InChI=1S/C18H21F3N4O3/c1-10-6-7-28-9-14(10)25-8-13(16(22)27)17(24-25)23-12-4-2-11(3-5-12)15(26)18(19,20)21/h2-5,8,10,14-15,26H,6-7,9H2,1H3,(H2,22,27)(H,23,24)/t10-,14-,15-/m0/s1. The molecule has 0 unspecified atom stereocenters. The van der Waals surface area contributed by atoms with Gasteiger partial charge in [-0.2, -0.15) is 18.3 Å². The summed E-state index contributed by atoms with van der Waals surface area (Å²) in [5.74, 6) is -0.179. The summed E-state index contributed by atoms with van der Waals surface area (Å²) in [6.07, 6.45) is -4.90. The minimum Gasteiger partial charge on any atom is -0.379 e. The number of nitrogens with one attached hydrogen (secondary N) is 1. The molecule has 1 aliphatic rings. The summed E-state index contributed by atoms with van der Waals surface area (Å²) < 4.78 is 44.9. The average Bonchev–Trinajstić information content (AvgIpc) is 3.05. The lowest BCUT2D eigenvalue weighted by atomic mass is 9.97. The molecule has 2 heterocycles. The largest absolute Gasteiger partial charge is 0.418 e. The van der Waals surface area contributed by atoms with Gasteiger partial charge in [0.2, 0.25) is 0 Å². The molecule has 0 spiro atoms. The van der Waals surface area contributed by atoms with Crippen molar-refractivity contribution in [3.63, 3.8) is 0 Å². The molecule has 1 aliphatic heterocycles. The summed E-state index contributed by atoms with van der Waals surface area (Å²) in [7, 11) is 0. The Morgan fingerprint density at radius 1 is 1.39 bits per heavy atom. The van der Waals surface area contributed by atoms with Crippen molar-refractivity contribution in [3.05, 3.63) is 41.6 Å². The molecule has 152 valence electrons. The van der Waals surface area contributed by atoms with Crippen LogP contribution in [0.3, 0.4) is 0 Å². The van der Waals surface area contributed by atoms with E-state index in [1.54, 1.807) is 10.9 Å². The van der Waals surface area contributed by atoms with Crippen LogP contribution in [-0.2, 0) is 4.74 Å². The van der Waals surface area contributed by atoms with E-state index in [9.17, 15) is 23.1 Å². The minimum absolute atomic E-state index is 0.0493. The fourth-order valence-electron chi connectivity index (χ4n) is 3.08. The molecule has 7 nitrogen and oxygen atoms in total. The third kappa shape index (κ3) is 4.28. The Morgan fingerprint density at radius 3 is 2.64 bits per heavy atom. The number of aromatic nitrogens is 2. The molecule has 0 bridgehead atoms. The summed E-state index contributed by atoms with van der Waals surface area (Å²) in [5.41, 5.74) is 5.72. The Hall–Kier alpha value is -2.59. The van der Waals surface area contributed by atoms with Crippen molar-refractivity contribution < 1.29 is 27.8 Å². The van der Waals surface area contributed by atoms with Crippen LogP contribution in [0.15, 0.2) is 30.5 Å². The lowest BCUT2D eigenvalue weighted by molar-refractivity contribution is -0.206. The molecule has 0 saturated carbocycles. The summed E-state index contributed by atoms with van der Waals surface area (Å²) >= 11 is 0. The third-order valence-electron chi connectivity index (χ3n) is 4.80. The van der Waals surface area contributed by atoms with Crippen molar-refractivity contribution in [1.29, 1.82) is 0 Å². The number of halogens is 3. The number of carbonyl (C=O) groups is 1. The van der Waals surface area contributed by atoms with Gasteiger partial charge in [-0.25, -0.2) is 0 Å². The number of alkyl halides is 3. The van der Waals surface area contributed by atoms with E-state index in [1.165, 1.54) is 12.1 Å². The zero-order valence-electron chi connectivity index (χ0n) is 15.1. The van der Waals surface area contributed by atoms with Crippen LogP contribution in [0.2, 0.25) is 0 Å². The number of rotatable bonds is 5. The van der Waals surface area contributed by atoms with Gasteiger partial charge in [0.1, 0.15) is 5.56 Å². The maximum atomic E-state index is 12.6. The lowest BCUT2D eigenvalue weighted by Gasteiger charge is -2.28. The zero-order chi connectivity index (χ0) is 20.5. The van der Waals surface area contributed by atoms with E-state index in [0.717, 1.165) is 18.6 Å². The van der Waals surface area contributed by atoms with Crippen molar-refractivity contribution in [2.24, 2.45) is 11.7 Å². The van der Waals surface area contributed by atoms with Crippen LogP contribution in [0.5, 0.6) is 0 Å². The number of nitrogens with two attached hydrogens (primary N) is 1. The van der Waals surface area contributed by atoms with Gasteiger partial charge in [0.15, 0.2) is 11.9 Å². The van der Waals surface area contributed by atoms with E-state index in [1.807, 2.05) is 0 Å². The SMILES string of the molecule is C[C@H]1CCOC[C@@H]1n1cc(C(N)=O)c(Nc2ccc([C@H](O)C(F)(F)F)cc2)n1. The number of hydrogen-bond donors (Lipinski definition) is 3. The van der Waals surface area contributed by atoms with Crippen molar-refractivity contribution in [3.8, 4) is 0 Å². The molecule has 1 saturated heterocycles. The monoisotopic (exact) mass is 398 g/mol. The number of primary amides is 1. The van der Waals surface area contributed by atoms with Crippen LogP contribution in [0.1, 0.15) is 41.4 Å². The second-order valence-electron chi connectivity index (χ2n) is 6.84. The first-order valence-electron chi connectivity index (χ1n) is 8.75. The van der Waals surface area contributed by atoms with Gasteiger partial charge in [-0.15, -0.1) is 0 Å². The molecule has 1 amide bonds. The van der Waals surface area contributed by atoms with Crippen LogP contribution in [-0.4, -0.2) is 40.2 Å². The Kier molecular flexibility index (Phi) is 5.61. The first-order chi connectivity index (χ1) is 13.2. The quantitative estimate of drug-likeness (QED) is 0.719. The second kappa shape index (κ2) is 7.80. The van der Waals surface area contributed by atoms with Crippen LogP contribution in [0, 0.1) is 5.92 Å². The molecule has 1 aromatic carbocycles. The first kappa shape index (κ1) is 20.2. The molecular formula is C18H21F3N4O3. The number of benzene rings is 1. The number of anilines is 2. The van der Waals surface area contributed by atoms with Crippen molar-refractivity contribution >= 4 is 17.4 Å². The summed E-state index contributed by atoms with van der Waals surface area (Å²) in [6, 6.07) is 4.98. The highest BCUT2D eigenvalue weighted by Gasteiger charge is 2.39. The highest BCUT2D eigenvalue weighted by molar-refractivity contribution is 5.98. The van der Waals surface area contributed by atoms with Gasteiger partial charge in [0, 0.05) is 18.5 Å². The number of carbonyl (C=O) groups excluding carboxylic acids is 1. The van der Waals surface area contributed by atoms with Crippen LogP contribution in [0.25, 0.3) is 0 Å². The molecule has 4 N–H and O–H groups in total. The van der Waals surface area contributed by atoms with E-state index in [4.69, 9.17) is 10.5 Å². The number of ether oxygens (including phenoxy) is 1. The predicted octanol–water partition coefficient (Wildman–Crippen LogP) is 2.92. The zero-order valence-corrected chi connectivity index (χ0v) is 15.1. The van der Waals surface area contributed by atoms with Crippen LogP contribution >= 0.6 is 0 Å². The summed E-state index contributed by atoms with van der Waals surface area (Å²) in [5, 5.41) is 16.6. The highest BCUT2D eigenvalue weighted by Crippen LogP contribution is 2.33. The second-order valence-corrected chi connectivity index (χ2v) is 6.84. The molecular weight excluding hydrogens is 377 g/mol. The van der Waals surface area contributed by atoms with Crippen LogP contribution in [0.4, 0.5) is 24.7 Å². The normalized spacial score (nSPS) is 21.3.